The van der Waals surface area contributed by atoms with Gasteiger partial charge in [-0.3, -0.25) is 4.79 Å². The second kappa shape index (κ2) is 6.93. The molecule has 2 heterocycles. The Kier molecular flexibility index (Phi) is 4.52. The van der Waals surface area contributed by atoms with Gasteiger partial charge < -0.3 is 15.0 Å². The second-order valence-corrected chi connectivity index (χ2v) is 11.5. The van der Waals surface area contributed by atoms with Crippen LogP contribution in [0.5, 0.6) is 0 Å². The third-order valence-electron chi connectivity index (χ3n) is 10.0. The summed E-state index contributed by atoms with van der Waals surface area (Å²) in [7, 11) is 0. The van der Waals surface area contributed by atoms with Crippen molar-refractivity contribution in [1.29, 1.82) is 0 Å². The van der Waals surface area contributed by atoms with Crippen molar-refractivity contribution in [1.82, 2.24) is 9.88 Å². The number of nitrogens with one attached hydrogen (secondary N) is 1. The lowest BCUT2D eigenvalue weighted by atomic mass is 9.49. The average Bonchev–Trinajstić information content (AvgIpc) is 3.05. The highest BCUT2D eigenvalue weighted by molar-refractivity contribution is 6.02. The minimum Gasteiger partial charge on any atom is -0.389 e. The van der Waals surface area contributed by atoms with Gasteiger partial charge in [0.05, 0.1) is 5.60 Å². The van der Waals surface area contributed by atoms with Crippen molar-refractivity contribution < 1.29 is 9.90 Å². The van der Waals surface area contributed by atoms with E-state index in [9.17, 15) is 9.90 Å². The second-order valence-electron chi connectivity index (χ2n) is 11.5. The van der Waals surface area contributed by atoms with Crippen LogP contribution >= 0.6 is 0 Å². The average molecular weight is 411 g/mol. The molecule has 2 N–H and O–H groups in total. The molecule has 164 valence electrons. The Hall–Kier alpha value is -1.13. The van der Waals surface area contributed by atoms with Crippen LogP contribution in [0, 0.1) is 42.4 Å². The summed E-state index contributed by atoms with van der Waals surface area (Å²) >= 11 is 0. The number of carbonyl (C=O) groups is 1. The summed E-state index contributed by atoms with van der Waals surface area (Å²) in [4.78, 5) is 19.5. The Morgan fingerprint density at radius 2 is 1.83 bits per heavy atom. The maximum Gasteiger partial charge on any atom is 0.169 e. The molecule has 1 saturated heterocycles. The van der Waals surface area contributed by atoms with Gasteiger partial charge in [0.2, 0.25) is 0 Å². The molecule has 1 aromatic rings. The predicted octanol–water partition coefficient (Wildman–Crippen LogP) is 4.14. The summed E-state index contributed by atoms with van der Waals surface area (Å²) in [5, 5.41) is 11.7. The lowest BCUT2D eigenvalue weighted by molar-refractivity contribution is -0.178. The van der Waals surface area contributed by atoms with Crippen LogP contribution in [0.15, 0.2) is 0 Å². The molecule has 1 aliphatic heterocycles. The lowest BCUT2D eigenvalue weighted by Gasteiger charge is -2.59. The number of fused-ring (bicyclic) bond motifs is 2. The molecule has 0 spiro atoms. The molecule has 30 heavy (non-hydrogen) atoms. The van der Waals surface area contributed by atoms with Gasteiger partial charge in [0.15, 0.2) is 5.78 Å². The van der Waals surface area contributed by atoms with Crippen molar-refractivity contribution in [3.05, 3.63) is 22.5 Å². The van der Waals surface area contributed by atoms with Crippen molar-refractivity contribution in [3.63, 3.8) is 0 Å². The normalized spacial score (nSPS) is 42.4. The highest BCUT2D eigenvalue weighted by Gasteiger charge is 2.56. The minimum absolute atomic E-state index is 0.153. The number of rotatable bonds is 4. The number of Topliss-reactive ketones (excluding diaryl/α,β-unsaturated/α-hetero) is 1. The summed E-state index contributed by atoms with van der Waals surface area (Å²) in [6.45, 7) is 7.23. The molecule has 1 aromatic heterocycles. The first kappa shape index (κ1) is 19.5. The molecule has 4 bridgehead atoms. The largest absolute Gasteiger partial charge is 0.389 e. The first-order chi connectivity index (χ1) is 14.5. The number of piperidine rings is 1. The zero-order valence-corrected chi connectivity index (χ0v) is 18.8. The van der Waals surface area contributed by atoms with E-state index in [4.69, 9.17) is 0 Å². The first-order valence-electron chi connectivity index (χ1n) is 12.7. The van der Waals surface area contributed by atoms with Gasteiger partial charge in [0.1, 0.15) is 0 Å². The zero-order chi connectivity index (χ0) is 20.6. The minimum atomic E-state index is -0.429. The molecule has 0 amide bonds. The Morgan fingerprint density at radius 3 is 2.50 bits per heavy atom. The third kappa shape index (κ3) is 2.82. The number of aromatic nitrogens is 1. The lowest BCUT2D eigenvalue weighted by Crippen LogP contribution is -2.59. The van der Waals surface area contributed by atoms with Crippen molar-refractivity contribution in [2.24, 2.45) is 35.5 Å². The number of aromatic amines is 1. The van der Waals surface area contributed by atoms with E-state index in [2.05, 4.69) is 23.7 Å². The molecule has 0 radical (unpaired) electrons. The quantitative estimate of drug-likeness (QED) is 0.784. The number of ketones is 1. The molecule has 2 unspecified atom stereocenters. The zero-order valence-electron chi connectivity index (χ0n) is 18.8. The summed E-state index contributed by atoms with van der Waals surface area (Å²) in [5.41, 5.74) is 4.23. The Morgan fingerprint density at radius 1 is 1.13 bits per heavy atom. The Labute approximate surface area is 180 Å². The maximum absolute atomic E-state index is 13.5. The van der Waals surface area contributed by atoms with E-state index in [0.717, 1.165) is 62.7 Å². The molecule has 2 atom stereocenters. The van der Waals surface area contributed by atoms with Crippen LogP contribution in [-0.2, 0) is 12.8 Å². The van der Waals surface area contributed by atoms with Crippen molar-refractivity contribution >= 4 is 5.78 Å². The van der Waals surface area contributed by atoms with Gasteiger partial charge in [0, 0.05) is 36.0 Å². The fourth-order valence-corrected chi connectivity index (χ4v) is 8.63. The molecule has 7 rings (SSSR count). The predicted molar refractivity (Wildman–Crippen MR) is 118 cm³/mol. The van der Waals surface area contributed by atoms with Crippen LogP contribution in [0.3, 0.4) is 0 Å². The van der Waals surface area contributed by atoms with E-state index in [1.807, 2.05) is 0 Å². The van der Waals surface area contributed by atoms with E-state index < -0.39 is 5.60 Å². The number of H-pyrrole nitrogens is 1. The molecule has 0 aromatic carbocycles. The Balaban J connectivity index is 1.15. The van der Waals surface area contributed by atoms with Gasteiger partial charge in [-0.1, -0.05) is 6.92 Å². The fourth-order valence-electron chi connectivity index (χ4n) is 8.63. The number of nitrogens with zero attached hydrogens (tertiary/aromatic N) is 1. The van der Waals surface area contributed by atoms with Crippen LogP contribution in [0.1, 0.15) is 79.2 Å². The summed E-state index contributed by atoms with van der Waals surface area (Å²) in [5.74, 6) is 3.92. The van der Waals surface area contributed by atoms with Crippen LogP contribution in [-0.4, -0.2) is 46.0 Å². The van der Waals surface area contributed by atoms with Gasteiger partial charge >= 0.3 is 0 Å². The molecule has 5 aliphatic carbocycles. The molecule has 6 aliphatic rings. The van der Waals surface area contributed by atoms with E-state index in [0.29, 0.717) is 23.5 Å². The van der Waals surface area contributed by atoms with Crippen LogP contribution in [0.2, 0.25) is 0 Å². The standard InChI is InChI=1S/C26H38N2O2/c1-3-21-15(2)27-23-13-18-4-6-28(14-22(18)25(29)24(21)23)7-5-26(30)19-9-16-8-17(11-19)12-20(26)10-16/h16-20,22,27,30H,3-14H2,1-2H3. The fraction of sp³-hybridized carbons (Fsp3) is 0.808. The van der Waals surface area contributed by atoms with Crippen LogP contribution < -0.4 is 0 Å². The van der Waals surface area contributed by atoms with E-state index in [-0.39, 0.29) is 5.92 Å². The molecular weight excluding hydrogens is 372 g/mol. The van der Waals surface area contributed by atoms with E-state index >= 15 is 0 Å². The smallest absolute Gasteiger partial charge is 0.169 e. The highest BCUT2D eigenvalue weighted by Crippen LogP contribution is 2.59. The van der Waals surface area contributed by atoms with Gasteiger partial charge in [-0.2, -0.15) is 0 Å². The van der Waals surface area contributed by atoms with Gasteiger partial charge in [-0.05, 0) is 106 Å². The number of aliphatic hydroxyl groups is 1. The number of hydrogen-bond donors (Lipinski definition) is 2. The van der Waals surface area contributed by atoms with E-state index in [1.165, 1.54) is 49.1 Å². The molecular formula is C26H38N2O2. The molecule has 4 heteroatoms. The highest BCUT2D eigenvalue weighted by atomic mass is 16.3. The van der Waals surface area contributed by atoms with Gasteiger partial charge in [0.25, 0.3) is 0 Å². The summed E-state index contributed by atoms with van der Waals surface area (Å²) < 4.78 is 0. The van der Waals surface area contributed by atoms with Crippen molar-refractivity contribution in [2.45, 2.75) is 77.2 Å². The van der Waals surface area contributed by atoms with Gasteiger partial charge in [-0.15, -0.1) is 0 Å². The molecule has 4 saturated carbocycles. The number of carbonyl (C=O) groups excluding carboxylic acids is 1. The van der Waals surface area contributed by atoms with Crippen molar-refractivity contribution in [2.75, 3.05) is 19.6 Å². The van der Waals surface area contributed by atoms with Crippen molar-refractivity contribution in [3.8, 4) is 0 Å². The monoisotopic (exact) mass is 410 g/mol. The number of likely N-dealkylation sites (tertiary alicyclic amines) is 1. The Bertz CT molecular complexity index is 827. The number of aryl methyl sites for hydroxylation is 1. The van der Waals surface area contributed by atoms with Crippen LogP contribution in [0.25, 0.3) is 0 Å². The van der Waals surface area contributed by atoms with E-state index in [1.54, 1.807) is 0 Å². The topological polar surface area (TPSA) is 56.3 Å². The first-order valence-corrected chi connectivity index (χ1v) is 12.7. The molecule has 4 nitrogen and oxygen atoms in total. The molecule has 5 fully saturated rings. The SMILES string of the molecule is CCc1c(C)[nH]c2c1C(=O)C1CN(CCC3(O)C4CC5CC(C4)CC3C5)CCC1C2. The van der Waals surface area contributed by atoms with Gasteiger partial charge in [-0.25, -0.2) is 0 Å². The summed E-state index contributed by atoms with van der Waals surface area (Å²) in [6.07, 6.45) is 10.5. The number of hydrogen-bond acceptors (Lipinski definition) is 3. The maximum atomic E-state index is 13.5. The van der Waals surface area contributed by atoms with Crippen LogP contribution in [0.4, 0.5) is 0 Å². The summed E-state index contributed by atoms with van der Waals surface area (Å²) in [6, 6.07) is 0. The third-order valence-corrected chi connectivity index (χ3v) is 10.0.